The second-order valence-electron chi connectivity index (χ2n) is 4.06. The van der Waals surface area contributed by atoms with Crippen LogP contribution in [0.25, 0.3) is 0 Å². The first-order valence-electron chi connectivity index (χ1n) is 5.59. The van der Waals surface area contributed by atoms with Crippen molar-refractivity contribution in [1.29, 1.82) is 0 Å². The van der Waals surface area contributed by atoms with Crippen molar-refractivity contribution in [3.05, 3.63) is 42.0 Å². The molecule has 1 unspecified atom stereocenters. The topological polar surface area (TPSA) is 85.8 Å². The van der Waals surface area contributed by atoms with Gasteiger partial charge in [0.05, 0.1) is 17.4 Å². The molecule has 94 valence electrons. The number of hydrogen-bond acceptors (Lipinski definition) is 4. The van der Waals surface area contributed by atoms with Crippen LogP contribution < -0.4 is 11.1 Å². The highest BCUT2D eigenvalue weighted by Gasteiger charge is 2.17. The van der Waals surface area contributed by atoms with Gasteiger partial charge in [0.1, 0.15) is 0 Å². The zero-order valence-electron chi connectivity index (χ0n) is 10.3. The Hall–Kier alpha value is -2.37. The molecule has 0 saturated carbocycles. The van der Waals surface area contributed by atoms with E-state index >= 15 is 0 Å². The largest absolute Gasteiger partial charge is 0.396 e. The predicted octanol–water partition coefficient (Wildman–Crippen LogP) is 0.888. The maximum atomic E-state index is 12.0. The minimum atomic E-state index is -0.300. The summed E-state index contributed by atoms with van der Waals surface area (Å²) < 4.78 is 1.51. The molecule has 2 rings (SSSR count). The number of pyridine rings is 1. The monoisotopic (exact) mass is 245 g/mol. The first-order chi connectivity index (χ1) is 8.58. The van der Waals surface area contributed by atoms with E-state index in [-0.39, 0.29) is 17.6 Å². The fourth-order valence-corrected chi connectivity index (χ4v) is 1.65. The normalized spacial score (nSPS) is 12.1. The highest BCUT2D eigenvalue weighted by molar-refractivity contribution is 5.97. The van der Waals surface area contributed by atoms with Gasteiger partial charge in [-0.3, -0.25) is 14.5 Å². The number of nitrogen functional groups attached to an aromatic ring is 1. The highest BCUT2D eigenvalue weighted by atomic mass is 16.2. The van der Waals surface area contributed by atoms with Crippen molar-refractivity contribution in [3.8, 4) is 0 Å². The van der Waals surface area contributed by atoms with Crippen LogP contribution in [0.3, 0.4) is 0 Å². The fourth-order valence-electron chi connectivity index (χ4n) is 1.65. The minimum Gasteiger partial charge on any atom is -0.396 e. The van der Waals surface area contributed by atoms with Gasteiger partial charge in [-0.2, -0.15) is 5.10 Å². The number of anilines is 1. The van der Waals surface area contributed by atoms with Crippen LogP contribution in [0, 0.1) is 0 Å². The summed E-state index contributed by atoms with van der Waals surface area (Å²) in [6.45, 7) is 1.86. The third-order valence-corrected chi connectivity index (χ3v) is 2.55. The van der Waals surface area contributed by atoms with E-state index in [4.69, 9.17) is 5.73 Å². The number of aryl methyl sites for hydroxylation is 1. The second-order valence-corrected chi connectivity index (χ2v) is 4.06. The Morgan fingerprint density at radius 2 is 2.28 bits per heavy atom. The van der Waals surface area contributed by atoms with E-state index in [1.165, 1.54) is 4.68 Å². The fraction of sp³-hybridized carbons (Fsp3) is 0.250. The molecule has 2 aromatic heterocycles. The van der Waals surface area contributed by atoms with Gasteiger partial charge in [-0.1, -0.05) is 6.07 Å². The first-order valence-corrected chi connectivity index (χ1v) is 5.59. The Morgan fingerprint density at radius 1 is 1.50 bits per heavy atom. The molecular formula is C12H15N5O. The van der Waals surface area contributed by atoms with Crippen LogP contribution in [0.2, 0.25) is 0 Å². The molecule has 0 saturated heterocycles. The third-order valence-electron chi connectivity index (χ3n) is 2.55. The molecule has 0 aliphatic rings. The van der Waals surface area contributed by atoms with Gasteiger partial charge in [-0.15, -0.1) is 0 Å². The lowest BCUT2D eigenvalue weighted by Gasteiger charge is -2.12. The van der Waals surface area contributed by atoms with Crippen molar-refractivity contribution in [1.82, 2.24) is 20.1 Å². The van der Waals surface area contributed by atoms with Crippen LogP contribution >= 0.6 is 0 Å². The molecule has 1 amide bonds. The van der Waals surface area contributed by atoms with Crippen LogP contribution in [0.5, 0.6) is 0 Å². The molecule has 1 atom stereocenters. The maximum absolute atomic E-state index is 12.0. The van der Waals surface area contributed by atoms with Gasteiger partial charge in [0, 0.05) is 19.4 Å². The minimum absolute atomic E-state index is 0.194. The summed E-state index contributed by atoms with van der Waals surface area (Å²) >= 11 is 0. The predicted molar refractivity (Wildman–Crippen MR) is 67.7 cm³/mol. The van der Waals surface area contributed by atoms with Crippen LogP contribution in [0.1, 0.15) is 29.1 Å². The molecular weight excluding hydrogens is 230 g/mol. The Kier molecular flexibility index (Phi) is 3.27. The van der Waals surface area contributed by atoms with E-state index in [9.17, 15) is 4.79 Å². The highest BCUT2D eigenvalue weighted by Crippen LogP contribution is 2.12. The number of nitrogens with zero attached hydrogens (tertiary/aromatic N) is 3. The summed E-state index contributed by atoms with van der Waals surface area (Å²) in [6.07, 6.45) is 3.29. The average molecular weight is 245 g/mol. The van der Waals surface area contributed by atoms with Crippen LogP contribution in [0.15, 0.2) is 30.6 Å². The van der Waals surface area contributed by atoms with Crippen molar-refractivity contribution >= 4 is 11.6 Å². The van der Waals surface area contributed by atoms with Gasteiger partial charge in [-0.05, 0) is 19.1 Å². The summed E-state index contributed by atoms with van der Waals surface area (Å²) in [7, 11) is 1.72. The van der Waals surface area contributed by atoms with Crippen molar-refractivity contribution in [2.45, 2.75) is 13.0 Å². The summed E-state index contributed by atoms with van der Waals surface area (Å²) in [4.78, 5) is 16.1. The van der Waals surface area contributed by atoms with Gasteiger partial charge in [0.15, 0.2) is 5.69 Å². The van der Waals surface area contributed by atoms with Crippen LogP contribution in [-0.4, -0.2) is 20.7 Å². The molecule has 3 N–H and O–H groups in total. The molecule has 6 heteroatoms. The van der Waals surface area contributed by atoms with Crippen molar-refractivity contribution < 1.29 is 4.79 Å². The standard InChI is InChI=1S/C12H15N5O/c1-8(10-5-3-4-6-14-10)15-12(18)11-9(13)7-17(2)16-11/h3-8H,13H2,1-2H3,(H,15,18). The lowest BCUT2D eigenvalue weighted by atomic mass is 10.2. The van der Waals surface area contributed by atoms with Crippen LogP contribution in [-0.2, 0) is 7.05 Å². The van der Waals surface area contributed by atoms with E-state index in [0.717, 1.165) is 5.69 Å². The van der Waals surface area contributed by atoms with Gasteiger partial charge in [0.25, 0.3) is 5.91 Å². The number of carbonyl (C=O) groups is 1. The molecule has 18 heavy (non-hydrogen) atoms. The Bertz CT molecular complexity index is 549. The molecule has 0 aliphatic carbocycles. The number of carbonyl (C=O) groups excluding carboxylic acids is 1. The van der Waals surface area contributed by atoms with Gasteiger partial charge in [0.2, 0.25) is 0 Å². The van der Waals surface area contributed by atoms with Crippen molar-refractivity contribution in [2.24, 2.45) is 7.05 Å². The summed E-state index contributed by atoms with van der Waals surface area (Å²) in [5.74, 6) is -0.300. The molecule has 0 bridgehead atoms. The number of aromatic nitrogens is 3. The van der Waals surface area contributed by atoms with E-state index in [1.807, 2.05) is 25.1 Å². The smallest absolute Gasteiger partial charge is 0.274 e. The molecule has 6 nitrogen and oxygen atoms in total. The molecule has 0 fully saturated rings. The van der Waals surface area contributed by atoms with Crippen LogP contribution in [0.4, 0.5) is 5.69 Å². The maximum Gasteiger partial charge on any atom is 0.274 e. The van der Waals surface area contributed by atoms with Gasteiger partial charge < -0.3 is 11.1 Å². The molecule has 2 aromatic rings. The number of hydrogen-bond donors (Lipinski definition) is 2. The van der Waals surface area contributed by atoms with E-state index in [0.29, 0.717) is 5.69 Å². The second kappa shape index (κ2) is 4.87. The zero-order valence-corrected chi connectivity index (χ0v) is 10.3. The quantitative estimate of drug-likeness (QED) is 0.840. The van der Waals surface area contributed by atoms with E-state index in [2.05, 4.69) is 15.4 Å². The lowest BCUT2D eigenvalue weighted by molar-refractivity contribution is 0.0934. The number of rotatable bonds is 3. The average Bonchev–Trinajstić information content (AvgIpc) is 2.69. The molecule has 0 radical (unpaired) electrons. The Balaban J connectivity index is 2.10. The Labute approximate surface area is 105 Å². The zero-order chi connectivity index (χ0) is 13.1. The first kappa shape index (κ1) is 12.1. The van der Waals surface area contributed by atoms with Gasteiger partial charge in [-0.25, -0.2) is 0 Å². The molecule has 0 aromatic carbocycles. The van der Waals surface area contributed by atoms with E-state index < -0.39 is 0 Å². The Morgan fingerprint density at radius 3 is 2.83 bits per heavy atom. The number of nitrogens with one attached hydrogen (secondary N) is 1. The SMILES string of the molecule is CC(NC(=O)c1nn(C)cc1N)c1ccccn1. The summed E-state index contributed by atoms with van der Waals surface area (Å²) in [5, 5.41) is 6.83. The molecule has 2 heterocycles. The van der Waals surface area contributed by atoms with E-state index in [1.54, 1.807) is 19.4 Å². The summed E-state index contributed by atoms with van der Waals surface area (Å²) in [6, 6.07) is 5.36. The number of nitrogens with two attached hydrogens (primary N) is 1. The third kappa shape index (κ3) is 2.48. The number of amides is 1. The summed E-state index contributed by atoms with van der Waals surface area (Å²) in [5.41, 5.74) is 7.09. The molecule has 0 spiro atoms. The van der Waals surface area contributed by atoms with Crippen molar-refractivity contribution in [3.63, 3.8) is 0 Å². The molecule has 0 aliphatic heterocycles. The van der Waals surface area contributed by atoms with Gasteiger partial charge >= 0.3 is 0 Å². The lowest BCUT2D eigenvalue weighted by Crippen LogP contribution is -2.28. The van der Waals surface area contributed by atoms with Crippen molar-refractivity contribution in [2.75, 3.05) is 5.73 Å².